The molecule has 1 aromatic heterocycles. The number of hydrogen-bond acceptors (Lipinski definition) is 6. The Morgan fingerprint density at radius 3 is 2.41 bits per heavy atom. The lowest BCUT2D eigenvalue weighted by Crippen LogP contribution is -2.44. The number of aliphatic carboxylic acids is 1. The maximum absolute atomic E-state index is 12.3. The van der Waals surface area contributed by atoms with Gasteiger partial charge < -0.3 is 19.9 Å². The summed E-state index contributed by atoms with van der Waals surface area (Å²) in [5.41, 5.74) is 0.649. The predicted octanol–water partition coefficient (Wildman–Crippen LogP) is 1.54. The Labute approximate surface area is 168 Å². The molecular weight excluding hydrogens is 378 g/mol. The lowest BCUT2D eigenvalue weighted by molar-refractivity contribution is -0.142. The van der Waals surface area contributed by atoms with Gasteiger partial charge in [-0.15, -0.1) is 0 Å². The van der Waals surface area contributed by atoms with Crippen LogP contribution in [0.5, 0.6) is 11.5 Å². The van der Waals surface area contributed by atoms with Crippen molar-refractivity contribution in [3.63, 3.8) is 0 Å². The molecule has 2 N–H and O–H groups in total. The fourth-order valence-corrected chi connectivity index (χ4v) is 2.78. The van der Waals surface area contributed by atoms with Gasteiger partial charge in [0.2, 0.25) is 5.91 Å². The van der Waals surface area contributed by atoms with E-state index in [1.54, 1.807) is 18.2 Å². The van der Waals surface area contributed by atoms with Crippen LogP contribution in [0.25, 0.3) is 11.3 Å². The third-order valence-corrected chi connectivity index (χ3v) is 4.18. The highest BCUT2D eigenvalue weighted by molar-refractivity contribution is 5.83. The summed E-state index contributed by atoms with van der Waals surface area (Å²) in [6, 6.07) is 6.99. The number of benzene rings is 1. The van der Waals surface area contributed by atoms with Crippen molar-refractivity contribution in [1.29, 1.82) is 0 Å². The molecule has 0 aliphatic heterocycles. The van der Waals surface area contributed by atoms with Gasteiger partial charge in [-0.25, -0.2) is 9.48 Å². The second-order valence-electron chi connectivity index (χ2n) is 6.87. The molecule has 9 nitrogen and oxygen atoms in total. The Kier molecular flexibility index (Phi) is 7.35. The Bertz CT molecular complexity index is 938. The fraction of sp³-hybridized carbons (Fsp3) is 0.400. The SMILES string of the molecule is COc1ccc(-c2ccc(=O)n(CC(=O)N[C@@H](CC(C)C)C(=O)O)n2)cc1OC. The van der Waals surface area contributed by atoms with Crippen molar-refractivity contribution in [2.45, 2.75) is 32.9 Å². The van der Waals surface area contributed by atoms with Gasteiger partial charge in [-0.2, -0.15) is 5.10 Å². The number of carbonyl (C=O) groups excluding carboxylic acids is 1. The molecule has 0 unspecified atom stereocenters. The number of nitrogens with zero attached hydrogens (tertiary/aromatic N) is 2. The molecule has 1 aromatic carbocycles. The zero-order valence-corrected chi connectivity index (χ0v) is 16.8. The summed E-state index contributed by atoms with van der Waals surface area (Å²) in [5, 5.41) is 15.9. The number of methoxy groups -OCH3 is 2. The summed E-state index contributed by atoms with van der Waals surface area (Å²) in [6.07, 6.45) is 0.287. The molecule has 29 heavy (non-hydrogen) atoms. The van der Waals surface area contributed by atoms with Crippen LogP contribution in [0, 0.1) is 5.92 Å². The molecule has 0 aliphatic carbocycles. The van der Waals surface area contributed by atoms with Crippen molar-refractivity contribution >= 4 is 11.9 Å². The molecule has 2 rings (SSSR count). The first-order valence-electron chi connectivity index (χ1n) is 9.07. The molecule has 2 aromatic rings. The number of nitrogens with one attached hydrogen (secondary N) is 1. The summed E-state index contributed by atoms with van der Waals surface area (Å²) in [4.78, 5) is 35.7. The Hall–Kier alpha value is -3.36. The Balaban J connectivity index is 2.24. The predicted molar refractivity (Wildman–Crippen MR) is 106 cm³/mol. The number of ether oxygens (including phenoxy) is 2. The molecule has 0 bridgehead atoms. The van der Waals surface area contributed by atoms with E-state index in [1.807, 2.05) is 13.8 Å². The molecular formula is C20H25N3O6. The number of carbonyl (C=O) groups is 2. The van der Waals surface area contributed by atoms with Crippen molar-refractivity contribution in [2.75, 3.05) is 14.2 Å². The summed E-state index contributed by atoms with van der Waals surface area (Å²) in [5.74, 6) is -0.580. The van der Waals surface area contributed by atoms with Gasteiger partial charge in [-0.05, 0) is 36.6 Å². The van der Waals surface area contributed by atoms with E-state index in [9.17, 15) is 19.5 Å². The molecule has 1 amide bonds. The van der Waals surface area contributed by atoms with Gasteiger partial charge in [0, 0.05) is 11.6 Å². The van der Waals surface area contributed by atoms with Crippen LogP contribution in [0.2, 0.25) is 0 Å². The van der Waals surface area contributed by atoms with E-state index in [1.165, 1.54) is 26.4 Å². The maximum atomic E-state index is 12.3. The quantitative estimate of drug-likeness (QED) is 0.652. The average Bonchev–Trinajstić information content (AvgIpc) is 2.68. The lowest BCUT2D eigenvalue weighted by atomic mass is 10.0. The minimum atomic E-state index is -1.12. The molecule has 9 heteroatoms. The number of amides is 1. The van der Waals surface area contributed by atoms with Gasteiger partial charge in [0.25, 0.3) is 5.56 Å². The minimum Gasteiger partial charge on any atom is -0.493 e. The molecule has 0 saturated carbocycles. The number of aromatic nitrogens is 2. The zero-order valence-electron chi connectivity index (χ0n) is 16.8. The van der Waals surface area contributed by atoms with Crippen LogP contribution in [-0.4, -0.2) is 47.0 Å². The first-order chi connectivity index (χ1) is 13.7. The fourth-order valence-electron chi connectivity index (χ4n) is 2.78. The van der Waals surface area contributed by atoms with Gasteiger partial charge >= 0.3 is 5.97 Å². The Morgan fingerprint density at radius 1 is 1.14 bits per heavy atom. The van der Waals surface area contributed by atoms with Gasteiger partial charge in [0.05, 0.1) is 19.9 Å². The van der Waals surface area contributed by atoms with E-state index in [-0.39, 0.29) is 18.9 Å². The van der Waals surface area contributed by atoms with E-state index < -0.39 is 23.5 Å². The van der Waals surface area contributed by atoms with E-state index >= 15 is 0 Å². The summed E-state index contributed by atoms with van der Waals surface area (Å²) in [7, 11) is 3.04. The molecule has 0 aliphatic rings. The van der Waals surface area contributed by atoms with Gasteiger partial charge in [-0.1, -0.05) is 13.8 Å². The van der Waals surface area contributed by atoms with Gasteiger partial charge in [0.15, 0.2) is 11.5 Å². The molecule has 1 heterocycles. The first-order valence-corrected chi connectivity index (χ1v) is 9.07. The topological polar surface area (TPSA) is 120 Å². The van der Waals surface area contributed by atoms with E-state index in [2.05, 4.69) is 10.4 Å². The number of hydrogen-bond donors (Lipinski definition) is 2. The van der Waals surface area contributed by atoms with Crippen molar-refractivity contribution < 1.29 is 24.2 Å². The van der Waals surface area contributed by atoms with Crippen LogP contribution < -0.4 is 20.3 Å². The van der Waals surface area contributed by atoms with Crippen LogP contribution >= 0.6 is 0 Å². The highest BCUT2D eigenvalue weighted by Crippen LogP contribution is 2.31. The second-order valence-corrected chi connectivity index (χ2v) is 6.87. The standard InChI is InChI=1S/C20H25N3O6/c1-12(2)9-15(20(26)27)21-18(24)11-23-19(25)8-6-14(22-23)13-5-7-16(28-3)17(10-13)29-4/h5-8,10,12,15H,9,11H2,1-4H3,(H,21,24)(H,26,27)/t15-/m0/s1. The maximum Gasteiger partial charge on any atom is 0.326 e. The third-order valence-electron chi connectivity index (χ3n) is 4.18. The number of rotatable bonds is 9. The molecule has 0 radical (unpaired) electrons. The monoisotopic (exact) mass is 403 g/mol. The van der Waals surface area contributed by atoms with Crippen LogP contribution in [0.1, 0.15) is 20.3 Å². The lowest BCUT2D eigenvalue weighted by Gasteiger charge is -2.16. The summed E-state index contributed by atoms with van der Waals surface area (Å²) in [6.45, 7) is 3.34. The van der Waals surface area contributed by atoms with E-state index in [4.69, 9.17) is 9.47 Å². The average molecular weight is 403 g/mol. The second kappa shape index (κ2) is 9.72. The zero-order chi connectivity index (χ0) is 21.6. The summed E-state index contributed by atoms with van der Waals surface area (Å²) < 4.78 is 11.5. The molecule has 156 valence electrons. The van der Waals surface area contributed by atoms with Crippen LogP contribution in [-0.2, 0) is 16.1 Å². The van der Waals surface area contributed by atoms with Gasteiger partial charge in [0.1, 0.15) is 12.6 Å². The molecule has 0 spiro atoms. The highest BCUT2D eigenvalue weighted by Gasteiger charge is 2.21. The number of carboxylic acid groups (broad SMARTS) is 1. The molecule has 0 saturated heterocycles. The van der Waals surface area contributed by atoms with Gasteiger partial charge in [-0.3, -0.25) is 9.59 Å². The molecule has 1 atom stereocenters. The van der Waals surface area contributed by atoms with Crippen LogP contribution in [0.4, 0.5) is 0 Å². The van der Waals surface area contributed by atoms with Crippen molar-refractivity contribution in [3.05, 3.63) is 40.7 Å². The largest absolute Gasteiger partial charge is 0.493 e. The van der Waals surface area contributed by atoms with E-state index in [0.717, 1.165) is 4.68 Å². The van der Waals surface area contributed by atoms with Crippen molar-refractivity contribution in [3.8, 4) is 22.8 Å². The van der Waals surface area contributed by atoms with Crippen LogP contribution in [0.3, 0.4) is 0 Å². The van der Waals surface area contributed by atoms with Crippen LogP contribution in [0.15, 0.2) is 35.1 Å². The highest BCUT2D eigenvalue weighted by atomic mass is 16.5. The normalized spacial score (nSPS) is 11.8. The Morgan fingerprint density at radius 2 is 1.83 bits per heavy atom. The number of carboxylic acids is 1. The minimum absolute atomic E-state index is 0.0885. The van der Waals surface area contributed by atoms with E-state index in [0.29, 0.717) is 22.8 Å². The molecule has 0 fully saturated rings. The van der Waals surface area contributed by atoms with Crippen molar-refractivity contribution in [1.82, 2.24) is 15.1 Å². The first kappa shape index (κ1) is 21.9. The van der Waals surface area contributed by atoms with Crippen molar-refractivity contribution in [2.24, 2.45) is 5.92 Å². The smallest absolute Gasteiger partial charge is 0.326 e. The third kappa shape index (κ3) is 5.81. The summed E-state index contributed by atoms with van der Waals surface area (Å²) >= 11 is 0.